The lowest BCUT2D eigenvalue weighted by Crippen LogP contribution is -2.12. The zero-order chi connectivity index (χ0) is 11.2. The topological polar surface area (TPSA) is 40.9 Å². The van der Waals surface area contributed by atoms with Gasteiger partial charge >= 0.3 is 0 Å². The second-order valence-corrected chi connectivity index (χ2v) is 6.42. The van der Waals surface area contributed by atoms with E-state index in [1.807, 2.05) is 13.8 Å². The van der Waals surface area contributed by atoms with Crippen molar-refractivity contribution in [3.63, 3.8) is 0 Å². The molecule has 0 aromatic heterocycles. The van der Waals surface area contributed by atoms with Crippen LogP contribution in [0.4, 0.5) is 0 Å². The summed E-state index contributed by atoms with van der Waals surface area (Å²) in [7, 11) is -0.696. The summed E-state index contributed by atoms with van der Waals surface area (Å²) in [6.07, 6.45) is 1.73. The molecular weight excluding hydrogens is 194 g/mol. The van der Waals surface area contributed by atoms with Crippen LogP contribution in [0.3, 0.4) is 0 Å². The first kappa shape index (κ1) is 13.6. The molecule has 0 bridgehead atoms. The average Bonchev–Trinajstić information content (AvgIpc) is 2.02. The van der Waals surface area contributed by atoms with Gasteiger partial charge in [0.15, 0.2) is 0 Å². The summed E-state index contributed by atoms with van der Waals surface area (Å²) in [5.41, 5.74) is -0.262. The number of hydrogen-bond acceptors (Lipinski definition) is 2. The van der Waals surface area contributed by atoms with Crippen LogP contribution >= 0.6 is 0 Å². The molecule has 1 unspecified atom stereocenters. The molecule has 0 saturated carbocycles. The lowest BCUT2D eigenvalue weighted by molar-refractivity contribution is 0.446. The van der Waals surface area contributed by atoms with Crippen LogP contribution in [0.1, 0.15) is 40.5 Å². The van der Waals surface area contributed by atoms with Gasteiger partial charge in [-0.3, -0.25) is 4.21 Å². The fourth-order valence-electron chi connectivity index (χ4n) is 1.19. The van der Waals surface area contributed by atoms with Gasteiger partial charge in [-0.25, -0.2) is 0 Å². The minimum atomic E-state index is -0.696. The molecule has 0 N–H and O–H groups in total. The molecule has 0 fully saturated rings. The number of nitrogens with zero attached hydrogens (tertiary/aromatic N) is 1. The van der Waals surface area contributed by atoms with Crippen molar-refractivity contribution in [1.82, 2.24) is 0 Å². The smallest absolute Gasteiger partial charge is 0.0683 e. The largest absolute Gasteiger partial charge is 0.260 e. The average molecular weight is 215 g/mol. The number of nitriles is 1. The molecule has 14 heavy (non-hydrogen) atoms. The van der Waals surface area contributed by atoms with Crippen LogP contribution in [0.15, 0.2) is 0 Å². The first-order valence-corrected chi connectivity index (χ1v) is 6.62. The molecule has 0 radical (unpaired) electrons. The highest BCUT2D eigenvalue weighted by atomic mass is 32.2. The Balaban J connectivity index is 3.66. The third-order valence-electron chi connectivity index (χ3n) is 2.00. The minimum absolute atomic E-state index is 0.262. The van der Waals surface area contributed by atoms with Gasteiger partial charge in [0.05, 0.1) is 11.5 Å². The van der Waals surface area contributed by atoms with E-state index in [2.05, 4.69) is 19.9 Å². The van der Waals surface area contributed by atoms with Gasteiger partial charge in [-0.05, 0) is 32.6 Å². The maximum Gasteiger partial charge on any atom is 0.0683 e. The van der Waals surface area contributed by atoms with Gasteiger partial charge in [0, 0.05) is 22.3 Å². The van der Waals surface area contributed by atoms with Crippen molar-refractivity contribution in [3.8, 4) is 6.07 Å². The van der Waals surface area contributed by atoms with Gasteiger partial charge in [0.25, 0.3) is 0 Å². The Labute approximate surface area is 90.2 Å². The Morgan fingerprint density at radius 2 is 2.00 bits per heavy atom. The second kappa shape index (κ2) is 6.19. The van der Waals surface area contributed by atoms with Crippen LogP contribution in [0.25, 0.3) is 0 Å². The van der Waals surface area contributed by atoms with Crippen LogP contribution in [0.2, 0.25) is 0 Å². The Morgan fingerprint density at radius 3 is 2.43 bits per heavy atom. The fraction of sp³-hybridized carbons (Fsp3) is 0.909. The Bertz CT molecular complexity index is 228. The molecule has 0 amide bonds. The highest BCUT2D eigenvalue weighted by molar-refractivity contribution is 7.84. The summed E-state index contributed by atoms with van der Waals surface area (Å²) in [6, 6.07) is 2.26. The van der Waals surface area contributed by atoms with Crippen molar-refractivity contribution >= 4 is 10.8 Å². The van der Waals surface area contributed by atoms with Crippen LogP contribution in [-0.2, 0) is 10.8 Å². The molecule has 0 aromatic rings. The second-order valence-electron chi connectivity index (χ2n) is 4.80. The van der Waals surface area contributed by atoms with Gasteiger partial charge in [0.2, 0.25) is 0 Å². The van der Waals surface area contributed by atoms with E-state index in [0.29, 0.717) is 5.92 Å². The predicted octanol–water partition coefficient (Wildman–Crippen LogP) is 2.72. The van der Waals surface area contributed by atoms with Crippen LogP contribution in [-0.4, -0.2) is 15.7 Å². The molecule has 0 aliphatic heterocycles. The molecule has 0 heterocycles. The molecule has 0 rings (SSSR count). The molecular formula is C11H21NOS. The Kier molecular flexibility index (Phi) is 6.03. The lowest BCUT2D eigenvalue weighted by atomic mass is 9.90. The Morgan fingerprint density at radius 1 is 1.43 bits per heavy atom. The van der Waals surface area contributed by atoms with Crippen molar-refractivity contribution in [1.29, 1.82) is 5.26 Å². The van der Waals surface area contributed by atoms with E-state index >= 15 is 0 Å². The van der Waals surface area contributed by atoms with Crippen LogP contribution in [0.5, 0.6) is 0 Å². The van der Waals surface area contributed by atoms with E-state index in [-0.39, 0.29) is 5.41 Å². The predicted molar refractivity (Wildman–Crippen MR) is 61.3 cm³/mol. The summed E-state index contributed by atoms with van der Waals surface area (Å²) in [4.78, 5) is 0. The van der Waals surface area contributed by atoms with Crippen molar-refractivity contribution in [2.24, 2.45) is 11.3 Å². The van der Waals surface area contributed by atoms with Crippen molar-refractivity contribution in [3.05, 3.63) is 0 Å². The van der Waals surface area contributed by atoms with Crippen molar-refractivity contribution in [2.45, 2.75) is 40.5 Å². The minimum Gasteiger partial charge on any atom is -0.260 e. The van der Waals surface area contributed by atoms with E-state index in [1.165, 1.54) is 0 Å². The third kappa shape index (κ3) is 7.08. The highest BCUT2D eigenvalue weighted by Crippen LogP contribution is 2.20. The van der Waals surface area contributed by atoms with Crippen LogP contribution in [0, 0.1) is 22.7 Å². The van der Waals surface area contributed by atoms with Gasteiger partial charge < -0.3 is 0 Å². The molecule has 82 valence electrons. The number of hydrogen-bond donors (Lipinski definition) is 0. The molecule has 0 spiro atoms. The van der Waals surface area contributed by atoms with E-state index in [0.717, 1.165) is 24.3 Å². The van der Waals surface area contributed by atoms with Gasteiger partial charge in [-0.1, -0.05) is 13.8 Å². The standard InChI is InChI=1S/C11H21NOS/c1-10(2)8-14(13)7-5-6-11(3,4)9-12/h10H,5-8H2,1-4H3. The SMILES string of the molecule is CC(C)CS(=O)CCCC(C)(C)C#N. The molecule has 0 aromatic carbocycles. The summed E-state index contributed by atoms with van der Waals surface area (Å²) in [5.74, 6) is 2.02. The van der Waals surface area contributed by atoms with Gasteiger partial charge in [-0.15, -0.1) is 0 Å². The summed E-state index contributed by atoms with van der Waals surface area (Å²) < 4.78 is 11.5. The molecule has 1 atom stereocenters. The van der Waals surface area contributed by atoms with E-state index < -0.39 is 10.8 Å². The fourth-order valence-corrected chi connectivity index (χ4v) is 2.56. The summed E-state index contributed by atoms with van der Waals surface area (Å²) >= 11 is 0. The van der Waals surface area contributed by atoms with Crippen LogP contribution < -0.4 is 0 Å². The maximum atomic E-state index is 11.5. The molecule has 2 nitrogen and oxygen atoms in total. The molecule has 0 saturated heterocycles. The quantitative estimate of drug-likeness (QED) is 0.683. The number of rotatable bonds is 6. The molecule has 3 heteroatoms. The summed E-state index contributed by atoms with van der Waals surface area (Å²) in [6.45, 7) is 8.02. The maximum absolute atomic E-state index is 11.5. The Hall–Kier alpha value is -0.360. The zero-order valence-electron chi connectivity index (χ0n) is 9.67. The first-order chi connectivity index (χ1) is 6.37. The monoisotopic (exact) mass is 215 g/mol. The summed E-state index contributed by atoms with van der Waals surface area (Å²) in [5, 5.41) is 8.78. The van der Waals surface area contributed by atoms with Gasteiger partial charge in [-0.2, -0.15) is 5.26 Å². The normalized spacial score (nSPS) is 14.0. The molecule has 0 aliphatic rings. The third-order valence-corrected chi connectivity index (χ3v) is 3.78. The van der Waals surface area contributed by atoms with Crippen molar-refractivity contribution in [2.75, 3.05) is 11.5 Å². The molecule has 0 aliphatic carbocycles. The zero-order valence-corrected chi connectivity index (χ0v) is 10.5. The van der Waals surface area contributed by atoms with E-state index in [9.17, 15) is 4.21 Å². The first-order valence-electron chi connectivity index (χ1n) is 5.13. The highest BCUT2D eigenvalue weighted by Gasteiger charge is 2.16. The van der Waals surface area contributed by atoms with Crippen molar-refractivity contribution < 1.29 is 4.21 Å². The van der Waals surface area contributed by atoms with E-state index in [1.54, 1.807) is 0 Å². The van der Waals surface area contributed by atoms with Gasteiger partial charge in [0.1, 0.15) is 0 Å². The van der Waals surface area contributed by atoms with E-state index in [4.69, 9.17) is 5.26 Å². The lowest BCUT2D eigenvalue weighted by Gasteiger charge is -2.14.